The maximum atomic E-state index is 12.1. The van der Waals surface area contributed by atoms with E-state index >= 15 is 0 Å². The number of ketones is 1. The van der Waals surface area contributed by atoms with Gasteiger partial charge in [-0.05, 0) is 36.6 Å². The third-order valence-electron chi connectivity index (χ3n) is 3.14. The van der Waals surface area contributed by atoms with Gasteiger partial charge >= 0.3 is 0 Å². The zero-order valence-electron chi connectivity index (χ0n) is 10.5. The number of rotatable bonds is 4. The topological polar surface area (TPSA) is 43.1 Å². The van der Waals surface area contributed by atoms with E-state index in [-0.39, 0.29) is 5.78 Å². The van der Waals surface area contributed by atoms with Crippen molar-refractivity contribution >= 4 is 11.5 Å². The van der Waals surface area contributed by atoms with E-state index in [9.17, 15) is 4.79 Å². The summed E-state index contributed by atoms with van der Waals surface area (Å²) >= 11 is 0. The zero-order chi connectivity index (χ0) is 13.0. The number of carbonyl (C=O) groups excluding carboxylic acids is 1. The molecule has 0 aliphatic carbocycles. The first-order valence-electron chi connectivity index (χ1n) is 6.10. The van der Waals surface area contributed by atoms with Crippen LogP contribution in [0.1, 0.15) is 27.9 Å². The van der Waals surface area contributed by atoms with Gasteiger partial charge in [-0.2, -0.15) is 0 Å². The minimum atomic E-state index is 0.108. The largest absolute Gasteiger partial charge is 0.398 e. The Labute approximate surface area is 107 Å². The van der Waals surface area contributed by atoms with Crippen molar-refractivity contribution in [2.24, 2.45) is 0 Å². The fourth-order valence-corrected chi connectivity index (χ4v) is 2.02. The summed E-state index contributed by atoms with van der Waals surface area (Å²) in [7, 11) is 0. The molecular weight excluding hydrogens is 222 g/mol. The average molecular weight is 239 g/mol. The lowest BCUT2D eigenvalue weighted by molar-refractivity contribution is 0.0983. The highest BCUT2D eigenvalue weighted by molar-refractivity contribution is 6.00. The number of Topliss-reactive ketones (excluding diaryl/α,β-unsaturated/α-hetero) is 1. The molecule has 0 aliphatic rings. The van der Waals surface area contributed by atoms with Crippen LogP contribution in [-0.2, 0) is 6.42 Å². The van der Waals surface area contributed by atoms with Gasteiger partial charge < -0.3 is 5.73 Å². The Bertz CT molecular complexity index is 561. The summed E-state index contributed by atoms with van der Waals surface area (Å²) in [5.41, 5.74) is 9.44. The van der Waals surface area contributed by atoms with E-state index in [0.29, 0.717) is 17.7 Å². The number of anilines is 1. The predicted molar refractivity (Wildman–Crippen MR) is 74.7 cm³/mol. The predicted octanol–water partition coefficient (Wildman–Crippen LogP) is 3.39. The Morgan fingerprint density at radius 2 is 1.72 bits per heavy atom. The summed E-state index contributed by atoms with van der Waals surface area (Å²) in [4.78, 5) is 12.1. The smallest absolute Gasteiger partial charge is 0.165 e. The number of aryl methyl sites for hydroxylation is 2. The fraction of sp³-hybridized carbons (Fsp3) is 0.188. The normalized spacial score (nSPS) is 10.3. The molecular formula is C16H17NO. The van der Waals surface area contributed by atoms with Gasteiger partial charge in [-0.15, -0.1) is 0 Å². The van der Waals surface area contributed by atoms with Gasteiger partial charge in [-0.25, -0.2) is 0 Å². The van der Waals surface area contributed by atoms with Crippen molar-refractivity contribution in [2.75, 3.05) is 5.73 Å². The Morgan fingerprint density at radius 3 is 2.44 bits per heavy atom. The lowest BCUT2D eigenvalue weighted by Crippen LogP contribution is -2.05. The molecule has 0 bridgehead atoms. The molecule has 0 aromatic heterocycles. The summed E-state index contributed by atoms with van der Waals surface area (Å²) in [5, 5.41) is 0. The number of benzene rings is 2. The summed E-state index contributed by atoms with van der Waals surface area (Å²) in [6.07, 6.45) is 1.26. The molecule has 0 saturated carbocycles. The Kier molecular flexibility index (Phi) is 3.78. The molecule has 0 radical (unpaired) electrons. The summed E-state index contributed by atoms with van der Waals surface area (Å²) < 4.78 is 0. The minimum Gasteiger partial charge on any atom is -0.398 e. The van der Waals surface area contributed by atoms with Crippen LogP contribution in [0, 0.1) is 6.92 Å². The number of para-hydroxylation sites is 1. The van der Waals surface area contributed by atoms with Crippen LogP contribution in [0.5, 0.6) is 0 Å². The van der Waals surface area contributed by atoms with Gasteiger partial charge in [0.25, 0.3) is 0 Å². The van der Waals surface area contributed by atoms with Crippen LogP contribution < -0.4 is 5.73 Å². The maximum absolute atomic E-state index is 12.1. The van der Waals surface area contributed by atoms with Crippen LogP contribution >= 0.6 is 0 Å². The SMILES string of the molecule is Cc1ccccc1CCC(=O)c1ccccc1N. The summed E-state index contributed by atoms with van der Waals surface area (Å²) in [6.45, 7) is 2.07. The quantitative estimate of drug-likeness (QED) is 0.656. The van der Waals surface area contributed by atoms with Gasteiger partial charge in [-0.1, -0.05) is 36.4 Å². The van der Waals surface area contributed by atoms with E-state index in [2.05, 4.69) is 19.1 Å². The molecule has 92 valence electrons. The summed E-state index contributed by atoms with van der Waals surface area (Å²) in [6, 6.07) is 15.4. The highest BCUT2D eigenvalue weighted by Gasteiger charge is 2.09. The van der Waals surface area contributed by atoms with Crippen LogP contribution in [0.2, 0.25) is 0 Å². The molecule has 18 heavy (non-hydrogen) atoms. The van der Waals surface area contributed by atoms with Crippen molar-refractivity contribution in [1.29, 1.82) is 0 Å². The monoisotopic (exact) mass is 239 g/mol. The number of hydrogen-bond acceptors (Lipinski definition) is 2. The molecule has 0 unspecified atom stereocenters. The standard InChI is InChI=1S/C16H17NO/c1-12-6-2-3-7-13(12)10-11-16(18)14-8-4-5-9-15(14)17/h2-9H,10-11,17H2,1H3. The molecule has 2 N–H and O–H groups in total. The zero-order valence-corrected chi connectivity index (χ0v) is 10.5. The van der Waals surface area contributed by atoms with Crippen LogP contribution in [-0.4, -0.2) is 5.78 Å². The van der Waals surface area contributed by atoms with Gasteiger partial charge in [0, 0.05) is 17.7 Å². The summed E-state index contributed by atoms with van der Waals surface area (Å²) in [5.74, 6) is 0.108. The molecule has 0 heterocycles. The highest BCUT2D eigenvalue weighted by atomic mass is 16.1. The van der Waals surface area contributed by atoms with Crippen LogP contribution in [0.25, 0.3) is 0 Å². The lowest BCUT2D eigenvalue weighted by atomic mass is 9.99. The van der Waals surface area contributed by atoms with Gasteiger partial charge in [0.1, 0.15) is 0 Å². The first kappa shape index (κ1) is 12.4. The molecule has 0 saturated heterocycles. The fourth-order valence-electron chi connectivity index (χ4n) is 2.02. The second-order valence-electron chi connectivity index (χ2n) is 4.44. The number of nitrogens with two attached hydrogens (primary N) is 1. The molecule has 0 amide bonds. The molecule has 0 aliphatic heterocycles. The Balaban J connectivity index is 2.06. The molecule has 0 spiro atoms. The van der Waals surface area contributed by atoms with E-state index in [1.165, 1.54) is 11.1 Å². The molecule has 2 heteroatoms. The van der Waals surface area contributed by atoms with Crippen LogP contribution in [0.4, 0.5) is 5.69 Å². The number of nitrogen functional groups attached to an aromatic ring is 1. The molecule has 2 aromatic rings. The van der Waals surface area contributed by atoms with E-state index in [4.69, 9.17) is 5.73 Å². The first-order valence-corrected chi connectivity index (χ1v) is 6.10. The van der Waals surface area contributed by atoms with E-state index in [1.807, 2.05) is 24.3 Å². The molecule has 2 nitrogen and oxygen atoms in total. The lowest BCUT2D eigenvalue weighted by Gasteiger charge is -2.06. The maximum Gasteiger partial charge on any atom is 0.165 e. The molecule has 0 fully saturated rings. The average Bonchev–Trinajstić information content (AvgIpc) is 2.38. The van der Waals surface area contributed by atoms with E-state index in [1.54, 1.807) is 12.1 Å². The van der Waals surface area contributed by atoms with Crippen molar-refractivity contribution in [2.45, 2.75) is 19.8 Å². The Morgan fingerprint density at radius 1 is 1.06 bits per heavy atom. The van der Waals surface area contributed by atoms with E-state index < -0.39 is 0 Å². The highest BCUT2D eigenvalue weighted by Crippen LogP contribution is 2.16. The number of carbonyl (C=O) groups is 1. The second kappa shape index (κ2) is 5.50. The van der Waals surface area contributed by atoms with Gasteiger partial charge in [0.15, 0.2) is 5.78 Å². The Hall–Kier alpha value is -2.09. The van der Waals surface area contributed by atoms with Crippen molar-refractivity contribution < 1.29 is 4.79 Å². The first-order chi connectivity index (χ1) is 8.68. The number of hydrogen-bond donors (Lipinski definition) is 1. The third kappa shape index (κ3) is 2.77. The van der Waals surface area contributed by atoms with Crippen molar-refractivity contribution in [3.63, 3.8) is 0 Å². The van der Waals surface area contributed by atoms with Crippen molar-refractivity contribution in [1.82, 2.24) is 0 Å². The molecule has 2 rings (SSSR count). The second-order valence-corrected chi connectivity index (χ2v) is 4.44. The molecule has 0 atom stereocenters. The molecule has 2 aromatic carbocycles. The van der Waals surface area contributed by atoms with E-state index in [0.717, 1.165) is 6.42 Å². The van der Waals surface area contributed by atoms with Crippen LogP contribution in [0.3, 0.4) is 0 Å². The van der Waals surface area contributed by atoms with Gasteiger partial charge in [0.2, 0.25) is 0 Å². The minimum absolute atomic E-state index is 0.108. The van der Waals surface area contributed by atoms with Gasteiger partial charge in [-0.3, -0.25) is 4.79 Å². The van der Waals surface area contributed by atoms with Crippen LogP contribution in [0.15, 0.2) is 48.5 Å². The van der Waals surface area contributed by atoms with Gasteiger partial charge in [0.05, 0.1) is 0 Å². The third-order valence-corrected chi connectivity index (χ3v) is 3.14. The van der Waals surface area contributed by atoms with Crippen molar-refractivity contribution in [3.8, 4) is 0 Å². The van der Waals surface area contributed by atoms with Crippen molar-refractivity contribution in [3.05, 3.63) is 65.2 Å².